The Morgan fingerprint density at radius 2 is 0.717 bits per heavy atom. The SMILES string of the molecule is Cc1cc(F)cc(-c2cc(C(C)(C)CC(C)(C)C)cc(-n3c4cc(C(C)(C)C)ccc4c4ccc(C(C)(C)C)cc43)c2O)c1OC[Si]COc1ccc(F)cc1-c1cc(C(C)(C)CC(C)(C)C)cc(-n2c3cc(C(C)(C)C)ccc3c3ccc(C(C)(C)C)cc32)c1O. The van der Waals surface area contributed by atoms with Crippen LogP contribution >= 0.6 is 0 Å². The highest BCUT2D eigenvalue weighted by atomic mass is 28.2. The molecule has 0 aliphatic heterocycles. The van der Waals surface area contributed by atoms with E-state index in [2.05, 4.69) is 246 Å². The molecule has 2 N–H and O–H groups in total. The van der Waals surface area contributed by atoms with Gasteiger partial charge < -0.3 is 28.8 Å². The van der Waals surface area contributed by atoms with Crippen molar-refractivity contribution in [2.45, 2.75) is 205 Å². The van der Waals surface area contributed by atoms with Gasteiger partial charge in [-0.1, -0.05) is 201 Å². The normalized spacial score (nSPS) is 13.4. The molecule has 0 spiro atoms. The molecule has 0 aliphatic carbocycles. The Morgan fingerprint density at radius 3 is 1.08 bits per heavy atom. The van der Waals surface area contributed by atoms with Crippen LogP contribution in [-0.4, -0.2) is 41.3 Å². The summed E-state index contributed by atoms with van der Waals surface area (Å²) in [5, 5.41) is 30.7. The zero-order valence-corrected chi connectivity index (χ0v) is 60.3. The Morgan fingerprint density at radius 1 is 0.370 bits per heavy atom. The van der Waals surface area contributed by atoms with Gasteiger partial charge in [-0.25, -0.2) is 8.78 Å². The van der Waals surface area contributed by atoms with Crippen LogP contribution in [0.5, 0.6) is 23.0 Å². The maximum Gasteiger partial charge on any atom is 0.147 e. The van der Waals surface area contributed by atoms with E-state index in [0.717, 1.165) is 67.6 Å². The highest BCUT2D eigenvalue weighted by Gasteiger charge is 2.34. The number of ether oxygens (including phenoxy) is 2. The van der Waals surface area contributed by atoms with Crippen molar-refractivity contribution in [3.05, 3.63) is 178 Å². The first-order valence-corrected chi connectivity index (χ1v) is 34.3. The summed E-state index contributed by atoms with van der Waals surface area (Å²) in [5.74, 6) is 0.00717. The van der Waals surface area contributed by atoms with Crippen molar-refractivity contribution in [2.24, 2.45) is 10.8 Å². The zero-order chi connectivity index (χ0) is 67.5. The van der Waals surface area contributed by atoms with Gasteiger partial charge >= 0.3 is 0 Å². The second-order valence-corrected chi connectivity index (χ2v) is 35.3. The summed E-state index contributed by atoms with van der Waals surface area (Å²) in [4.78, 5) is 0. The Labute approximate surface area is 550 Å². The number of phenolic OH excluding ortho intramolecular Hbond substituents is 2. The molecule has 0 amide bonds. The summed E-state index contributed by atoms with van der Waals surface area (Å²) in [5.41, 5.74) is 12.7. The average molecular weight is 1260 g/mol. The van der Waals surface area contributed by atoms with Crippen LogP contribution < -0.4 is 9.47 Å². The highest BCUT2D eigenvalue weighted by Crippen LogP contribution is 2.51. The molecule has 484 valence electrons. The number of aromatic hydroxyl groups is 2. The quantitative estimate of drug-likeness (QED) is 0.0841. The van der Waals surface area contributed by atoms with Crippen LogP contribution in [0, 0.1) is 29.4 Å². The van der Waals surface area contributed by atoms with Crippen molar-refractivity contribution in [1.29, 1.82) is 0 Å². The predicted octanol–water partition coefficient (Wildman–Crippen LogP) is 22.9. The van der Waals surface area contributed by atoms with Gasteiger partial charge in [0.1, 0.15) is 44.2 Å². The van der Waals surface area contributed by atoms with Gasteiger partial charge in [0.05, 0.1) is 45.9 Å². The molecule has 9 heteroatoms. The minimum absolute atomic E-state index is 0.0155. The van der Waals surface area contributed by atoms with E-state index in [1.54, 1.807) is 6.07 Å². The lowest BCUT2D eigenvalue weighted by molar-refractivity contribution is 0.283. The Kier molecular flexibility index (Phi) is 17.3. The maximum atomic E-state index is 16.3. The maximum absolute atomic E-state index is 16.3. The average Bonchev–Trinajstić information content (AvgIpc) is 1.55. The third kappa shape index (κ3) is 13.5. The topological polar surface area (TPSA) is 68.8 Å². The summed E-state index contributed by atoms with van der Waals surface area (Å²) in [6.07, 6.45) is 2.06. The molecule has 2 heterocycles. The summed E-state index contributed by atoms with van der Waals surface area (Å²) in [7, 11) is 0.0654. The lowest BCUT2D eigenvalue weighted by Gasteiger charge is -2.34. The number of nitrogens with zero attached hydrogens (tertiary/aromatic N) is 2. The van der Waals surface area contributed by atoms with Crippen LogP contribution in [0.2, 0.25) is 0 Å². The van der Waals surface area contributed by atoms with Crippen molar-refractivity contribution in [3.8, 4) is 56.6 Å². The van der Waals surface area contributed by atoms with E-state index in [-0.39, 0.29) is 76.8 Å². The molecule has 2 aromatic heterocycles. The molecular weight excluding hydrogens is 1160 g/mol. The number of aromatic nitrogens is 2. The number of hydrogen-bond donors (Lipinski definition) is 2. The molecule has 8 aromatic carbocycles. The van der Waals surface area contributed by atoms with Crippen LogP contribution in [0.25, 0.3) is 77.2 Å². The van der Waals surface area contributed by atoms with E-state index >= 15 is 8.78 Å². The lowest BCUT2D eigenvalue weighted by Crippen LogP contribution is -2.25. The van der Waals surface area contributed by atoms with E-state index in [1.807, 2.05) is 19.1 Å². The van der Waals surface area contributed by atoms with Crippen LogP contribution in [0.1, 0.15) is 204 Å². The lowest BCUT2D eigenvalue weighted by atomic mass is 9.71. The predicted molar refractivity (Wildman–Crippen MR) is 386 cm³/mol. The number of aryl methyl sites for hydroxylation is 1. The largest absolute Gasteiger partial charge is 0.505 e. The summed E-state index contributed by atoms with van der Waals surface area (Å²) >= 11 is 0. The van der Waals surface area contributed by atoms with Gasteiger partial charge in [0.25, 0.3) is 0 Å². The summed E-state index contributed by atoms with van der Waals surface area (Å²) < 4.78 is 50.3. The van der Waals surface area contributed by atoms with Crippen molar-refractivity contribution < 1.29 is 28.5 Å². The van der Waals surface area contributed by atoms with Crippen LogP contribution in [-0.2, 0) is 32.5 Å². The number of hydrogen-bond acceptors (Lipinski definition) is 4. The Bertz CT molecular complexity index is 4350. The van der Waals surface area contributed by atoms with Gasteiger partial charge in [0.2, 0.25) is 0 Å². The van der Waals surface area contributed by atoms with E-state index < -0.39 is 11.6 Å². The molecule has 0 saturated heterocycles. The van der Waals surface area contributed by atoms with Gasteiger partial charge in [-0.3, -0.25) is 0 Å². The van der Waals surface area contributed by atoms with Gasteiger partial charge in [0, 0.05) is 43.8 Å². The van der Waals surface area contributed by atoms with E-state index in [1.165, 1.54) is 46.5 Å². The fourth-order valence-corrected chi connectivity index (χ4v) is 14.9. The fraction of sp³-hybridized carbons (Fsp3) is 0.422. The monoisotopic (exact) mass is 1250 g/mol. The van der Waals surface area contributed by atoms with Crippen molar-refractivity contribution in [2.75, 3.05) is 12.5 Å². The fourth-order valence-electron chi connectivity index (χ4n) is 14.3. The number of halogens is 2. The standard InChI is InChI=1S/C83H100F2N2O4Si/c1-49-34-57(85)44-65(64-36-55(83(22,23)46-77(5,6)7)42-71(74(64)89)87-68-39-52(80(14,15)16)26-31-60(68)61-32-27-53(40-69(61)87)81(17,18)19)75(49)91-48-92-47-90-72-33-28-56(84)43-62(72)63-35-54(82(20,21)45-76(2,3)4)41-70(73(63)88)86-66-37-50(78(8,9)10)24-29-58(66)59-30-25-51(38-67(59)86)79(11,12)13/h24-44,88-89H,45-48H2,1-23H3. The molecule has 0 saturated carbocycles. The van der Waals surface area contributed by atoms with Crippen LogP contribution in [0.15, 0.2) is 127 Å². The molecule has 10 rings (SSSR count). The molecule has 0 atom stereocenters. The van der Waals surface area contributed by atoms with Crippen LogP contribution in [0.3, 0.4) is 0 Å². The Hall–Kier alpha value is -7.36. The third-order valence-corrected chi connectivity index (χ3v) is 19.3. The van der Waals surface area contributed by atoms with Gasteiger partial charge in [-0.05, 0) is 181 Å². The molecule has 0 aliphatic rings. The number of benzene rings is 8. The first kappa shape index (κ1) is 67.5. The molecule has 6 nitrogen and oxygen atoms in total. The van der Waals surface area contributed by atoms with Crippen LogP contribution in [0.4, 0.5) is 8.78 Å². The minimum atomic E-state index is -0.459. The van der Waals surface area contributed by atoms with Gasteiger partial charge in [0.15, 0.2) is 0 Å². The first-order chi connectivity index (χ1) is 42.4. The van der Waals surface area contributed by atoms with Gasteiger partial charge in [-0.2, -0.15) is 0 Å². The number of rotatable bonds is 14. The second-order valence-electron chi connectivity index (χ2n) is 34.2. The number of phenols is 2. The highest BCUT2D eigenvalue weighted by molar-refractivity contribution is 6.35. The first-order valence-electron chi connectivity index (χ1n) is 32.9. The van der Waals surface area contributed by atoms with Crippen molar-refractivity contribution >= 4 is 53.1 Å². The molecule has 2 radical (unpaired) electrons. The summed E-state index contributed by atoms with van der Waals surface area (Å²) in [6, 6.07) is 42.6. The number of fused-ring (bicyclic) bond motifs is 6. The molecular formula is C83H100F2N2O4Si. The van der Waals surface area contributed by atoms with Gasteiger partial charge in [-0.15, -0.1) is 0 Å². The molecule has 0 bridgehead atoms. The smallest absolute Gasteiger partial charge is 0.147 e. The molecule has 0 fully saturated rings. The van der Waals surface area contributed by atoms with Crippen molar-refractivity contribution in [3.63, 3.8) is 0 Å². The zero-order valence-electron chi connectivity index (χ0n) is 59.3. The molecule has 0 unspecified atom stereocenters. The minimum Gasteiger partial charge on any atom is -0.505 e. The summed E-state index contributed by atoms with van der Waals surface area (Å²) in [6.45, 7) is 51.0. The second kappa shape index (κ2) is 23.6. The third-order valence-electron chi connectivity index (χ3n) is 18.6. The Balaban J connectivity index is 1.06. The van der Waals surface area contributed by atoms with E-state index in [0.29, 0.717) is 50.7 Å². The van der Waals surface area contributed by atoms with Crippen molar-refractivity contribution in [1.82, 2.24) is 9.13 Å². The van der Waals surface area contributed by atoms with E-state index in [4.69, 9.17) is 9.47 Å². The molecule has 92 heavy (non-hydrogen) atoms. The molecule has 10 aromatic rings. The van der Waals surface area contributed by atoms with E-state index in [9.17, 15) is 10.2 Å².